The van der Waals surface area contributed by atoms with Crippen molar-refractivity contribution in [2.24, 2.45) is 0 Å². The van der Waals surface area contributed by atoms with E-state index in [9.17, 15) is 0 Å². The van der Waals surface area contributed by atoms with Crippen LogP contribution >= 0.6 is 8.38 Å². The fourth-order valence-corrected chi connectivity index (χ4v) is 2.97. The summed E-state index contributed by atoms with van der Waals surface area (Å²) >= 11 is 0. The van der Waals surface area contributed by atoms with Gasteiger partial charge in [-0.3, -0.25) is 0 Å². The second kappa shape index (κ2) is 6.76. The zero-order valence-corrected chi connectivity index (χ0v) is 13.1. The van der Waals surface area contributed by atoms with Crippen LogP contribution in [0.5, 0.6) is 11.5 Å². The van der Waals surface area contributed by atoms with Crippen LogP contribution in [0.2, 0.25) is 0 Å². The van der Waals surface area contributed by atoms with Crippen LogP contribution in [-0.4, -0.2) is 5.16 Å². The standard InChI is InChI=1S/C17H21O2P/c1-4-17(2,3)20(18-15-11-7-5-8-12-15)19-16-13-9-6-10-14-16/h5-14H,4H2,1-3H3. The molecule has 0 aromatic heterocycles. The molecule has 0 fully saturated rings. The Balaban J connectivity index is 2.17. The largest absolute Gasteiger partial charge is 0.438 e. The van der Waals surface area contributed by atoms with Gasteiger partial charge in [0.1, 0.15) is 11.5 Å². The molecule has 0 aliphatic carbocycles. The molecular formula is C17H21O2P. The van der Waals surface area contributed by atoms with Crippen LogP contribution in [0.25, 0.3) is 0 Å². The number of benzene rings is 2. The lowest BCUT2D eigenvalue weighted by Gasteiger charge is -2.31. The van der Waals surface area contributed by atoms with Gasteiger partial charge in [-0.15, -0.1) is 0 Å². The van der Waals surface area contributed by atoms with E-state index in [-0.39, 0.29) is 5.16 Å². The van der Waals surface area contributed by atoms with E-state index in [4.69, 9.17) is 9.05 Å². The van der Waals surface area contributed by atoms with Crippen molar-refractivity contribution in [2.75, 3.05) is 0 Å². The van der Waals surface area contributed by atoms with Gasteiger partial charge in [0, 0.05) is 0 Å². The molecule has 0 saturated carbocycles. The van der Waals surface area contributed by atoms with Gasteiger partial charge in [-0.2, -0.15) is 0 Å². The number of rotatable bonds is 6. The summed E-state index contributed by atoms with van der Waals surface area (Å²) in [5, 5.41) is -0.0129. The van der Waals surface area contributed by atoms with E-state index in [0.29, 0.717) is 0 Å². The van der Waals surface area contributed by atoms with Crippen LogP contribution in [0.3, 0.4) is 0 Å². The minimum absolute atomic E-state index is 0.0129. The number of para-hydroxylation sites is 2. The monoisotopic (exact) mass is 288 g/mol. The summed E-state index contributed by atoms with van der Waals surface area (Å²) in [6, 6.07) is 19.7. The maximum absolute atomic E-state index is 6.12. The Kier molecular flexibility index (Phi) is 5.03. The molecule has 0 radical (unpaired) electrons. The minimum atomic E-state index is -1.06. The van der Waals surface area contributed by atoms with Crippen molar-refractivity contribution in [1.82, 2.24) is 0 Å². The summed E-state index contributed by atoms with van der Waals surface area (Å²) < 4.78 is 12.2. The Morgan fingerprint density at radius 1 is 0.800 bits per heavy atom. The fraction of sp³-hybridized carbons (Fsp3) is 0.294. The van der Waals surface area contributed by atoms with Gasteiger partial charge in [-0.05, 0) is 44.5 Å². The molecule has 2 nitrogen and oxygen atoms in total. The molecule has 20 heavy (non-hydrogen) atoms. The van der Waals surface area contributed by atoms with Crippen LogP contribution in [0.4, 0.5) is 0 Å². The molecule has 0 amide bonds. The third kappa shape index (κ3) is 3.98. The van der Waals surface area contributed by atoms with Crippen molar-refractivity contribution in [1.29, 1.82) is 0 Å². The molecule has 0 spiro atoms. The first kappa shape index (κ1) is 14.9. The second-order valence-corrected chi connectivity index (χ2v) is 7.32. The highest BCUT2D eigenvalue weighted by Crippen LogP contribution is 2.52. The van der Waals surface area contributed by atoms with Crippen molar-refractivity contribution >= 4 is 8.38 Å². The van der Waals surface area contributed by atoms with E-state index in [1.165, 1.54) is 0 Å². The first-order valence-electron chi connectivity index (χ1n) is 6.88. The highest BCUT2D eigenvalue weighted by molar-refractivity contribution is 7.49. The van der Waals surface area contributed by atoms with Gasteiger partial charge in [0.15, 0.2) is 0 Å². The van der Waals surface area contributed by atoms with E-state index in [2.05, 4.69) is 20.8 Å². The second-order valence-electron chi connectivity index (χ2n) is 5.23. The van der Waals surface area contributed by atoms with Crippen LogP contribution in [0.1, 0.15) is 27.2 Å². The molecule has 0 atom stereocenters. The zero-order valence-electron chi connectivity index (χ0n) is 12.2. The lowest BCUT2D eigenvalue weighted by molar-refractivity contribution is 0.441. The van der Waals surface area contributed by atoms with Crippen molar-refractivity contribution < 1.29 is 9.05 Å². The maximum Gasteiger partial charge on any atom is 0.296 e. The van der Waals surface area contributed by atoms with Gasteiger partial charge in [0.05, 0.1) is 5.16 Å². The Hall–Kier alpha value is -1.53. The summed E-state index contributed by atoms with van der Waals surface area (Å²) in [4.78, 5) is 0. The van der Waals surface area contributed by atoms with Crippen LogP contribution < -0.4 is 9.05 Å². The third-order valence-electron chi connectivity index (χ3n) is 3.22. The van der Waals surface area contributed by atoms with Gasteiger partial charge < -0.3 is 9.05 Å². The van der Waals surface area contributed by atoms with Crippen molar-refractivity contribution in [3.05, 3.63) is 60.7 Å². The van der Waals surface area contributed by atoms with Crippen LogP contribution in [0, 0.1) is 0 Å². The Bertz CT molecular complexity index is 470. The highest BCUT2D eigenvalue weighted by atomic mass is 31.2. The van der Waals surface area contributed by atoms with E-state index >= 15 is 0 Å². The zero-order chi connectivity index (χ0) is 14.4. The van der Waals surface area contributed by atoms with Gasteiger partial charge in [-0.1, -0.05) is 43.3 Å². The average Bonchev–Trinajstić information content (AvgIpc) is 2.49. The Morgan fingerprint density at radius 3 is 1.55 bits per heavy atom. The quantitative estimate of drug-likeness (QED) is 0.640. The van der Waals surface area contributed by atoms with Crippen LogP contribution in [0.15, 0.2) is 60.7 Å². The lowest BCUT2D eigenvalue weighted by atomic mass is 10.1. The lowest BCUT2D eigenvalue weighted by Crippen LogP contribution is -2.21. The topological polar surface area (TPSA) is 18.5 Å². The van der Waals surface area contributed by atoms with Gasteiger partial charge in [0.2, 0.25) is 0 Å². The van der Waals surface area contributed by atoms with Crippen molar-refractivity contribution in [3.63, 3.8) is 0 Å². The molecule has 2 rings (SSSR count). The molecule has 3 heteroatoms. The summed E-state index contributed by atoms with van der Waals surface area (Å²) in [6.45, 7) is 6.53. The minimum Gasteiger partial charge on any atom is -0.438 e. The smallest absolute Gasteiger partial charge is 0.296 e. The summed E-state index contributed by atoms with van der Waals surface area (Å²) in [5.74, 6) is 1.71. The third-order valence-corrected chi connectivity index (χ3v) is 5.28. The average molecular weight is 288 g/mol. The van der Waals surface area contributed by atoms with E-state index in [1.54, 1.807) is 0 Å². The predicted molar refractivity (Wildman–Crippen MR) is 85.4 cm³/mol. The SMILES string of the molecule is CCC(C)(C)P(Oc1ccccc1)Oc1ccccc1. The summed E-state index contributed by atoms with van der Waals surface area (Å²) in [6.07, 6.45) is 0.998. The predicted octanol–water partition coefficient (Wildman–Crippen LogP) is 5.64. The Morgan fingerprint density at radius 2 is 1.20 bits per heavy atom. The molecule has 0 saturated heterocycles. The van der Waals surface area contributed by atoms with E-state index in [1.807, 2.05) is 60.7 Å². The molecule has 0 bridgehead atoms. The number of hydrogen-bond acceptors (Lipinski definition) is 2. The Labute approximate surface area is 122 Å². The molecule has 0 N–H and O–H groups in total. The maximum atomic E-state index is 6.12. The normalized spacial score (nSPS) is 11.4. The molecule has 106 valence electrons. The first-order chi connectivity index (χ1) is 9.62. The molecule has 0 heterocycles. The van der Waals surface area contributed by atoms with Crippen LogP contribution in [-0.2, 0) is 0 Å². The first-order valence-corrected chi connectivity index (χ1v) is 8.06. The number of hydrogen-bond donors (Lipinski definition) is 0. The molecule has 0 aliphatic rings. The van der Waals surface area contributed by atoms with Gasteiger partial charge in [0.25, 0.3) is 8.38 Å². The molecular weight excluding hydrogens is 267 g/mol. The fourth-order valence-electron chi connectivity index (χ4n) is 1.55. The van der Waals surface area contributed by atoms with Crippen molar-refractivity contribution in [2.45, 2.75) is 32.3 Å². The highest BCUT2D eigenvalue weighted by Gasteiger charge is 2.34. The molecule has 2 aromatic rings. The van der Waals surface area contributed by atoms with Crippen molar-refractivity contribution in [3.8, 4) is 11.5 Å². The van der Waals surface area contributed by atoms with E-state index in [0.717, 1.165) is 17.9 Å². The molecule has 0 unspecified atom stereocenters. The van der Waals surface area contributed by atoms with Gasteiger partial charge in [-0.25, -0.2) is 0 Å². The molecule has 2 aromatic carbocycles. The van der Waals surface area contributed by atoms with Gasteiger partial charge >= 0.3 is 0 Å². The molecule has 0 aliphatic heterocycles. The summed E-state index contributed by atoms with van der Waals surface area (Å²) in [5.41, 5.74) is 0. The summed E-state index contributed by atoms with van der Waals surface area (Å²) in [7, 11) is -1.06. The van der Waals surface area contributed by atoms with E-state index < -0.39 is 8.38 Å².